The summed E-state index contributed by atoms with van der Waals surface area (Å²) < 4.78 is 32.5. The van der Waals surface area contributed by atoms with Gasteiger partial charge in [-0.2, -0.15) is 10.5 Å². The van der Waals surface area contributed by atoms with Gasteiger partial charge in [0.15, 0.2) is 5.41 Å². The number of piperidine rings is 1. The van der Waals surface area contributed by atoms with E-state index in [-0.39, 0.29) is 11.1 Å². The Labute approximate surface area is 165 Å². The molecule has 0 spiro atoms. The molecule has 1 amide bonds. The highest BCUT2D eigenvalue weighted by Crippen LogP contribution is 2.52. The van der Waals surface area contributed by atoms with E-state index < -0.39 is 46.8 Å². The normalized spacial score (nSPS) is 22.7. The largest absolute Gasteiger partial charge is 0.468 e. The van der Waals surface area contributed by atoms with Gasteiger partial charge in [-0.1, -0.05) is 24.3 Å². The number of benzene rings is 2. The molecule has 6 nitrogen and oxygen atoms in total. The van der Waals surface area contributed by atoms with Crippen LogP contribution in [0.1, 0.15) is 23.1 Å². The van der Waals surface area contributed by atoms with E-state index in [0.29, 0.717) is 0 Å². The van der Waals surface area contributed by atoms with Gasteiger partial charge in [-0.3, -0.25) is 9.59 Å². The Morgan fingerprint density at radius 1 is 1.07 bits per heavy atom. The Bertz CT molecular complexity index is 1040. The van der Waals surface area contributed by atoms with E-state index in [1.807, 2.05) is 12.1 Å². The van der Waals surface area contributed by atoms with Gasteiger partial charge in [0.25, 0.3) is 0 Å². The third-order valence-electron chi connectivity index (χ3n) is 5.06. The number of halogens is 2. The second-order valence-electron chi connectivity index (χ2n) is 6.62. The fourth-order valence-corrected chi connectivity index (χ4v) is 3.79. The first kappa shape index (κ1) is 20.0. The summed E-state index contributed by atoms with van der Waals surface area (Å²) in [6.45, 7) is 0. The van der Waals surface area contributed by atoms with Crippen LogP contribution in [0.3, 0.4) is 0 Å². The number of methoxy groups -OCH3 is 1. The maximum absolute atomic E-state index is 13.9. The van der Waals surface area contributed by atoms with Crippen molar-refractivity contribution in [3.8, 4) is 12.1 Å². The molecule has 8 heteroatoms. The standard InChI is InChI=1S/C21H15F2N3O3/c1-29-20(28)16-17(12-4-2-6-14(22)8-12)21(10-24,11-25)18(26-19(16)27)13-5-3-7-15(23)9-13/h2-9,16-18H,1H3,(H,26,27). The molecule has 0 bridgehead atoms. The van der Waals surface area contributed by atoms with Crippen LogP contribution >= 0.6 is 0 Å². The van der Waals surface area contributed by atoms with Crippen LogP contribution in [0.5, 0.6) is 0 Å². The molecule has 1 heterocycles. The van der Waals surface area contributed by atoms with E-state index in [0.717, 1.165) is 25.3 Å². The number of esters is 1. The molecule has 3 rings (SSSR count). The van der Waals surface area contributed by atoms with E-state index in [9.17, 15) is 28.9 Å². The topological polar surface area (TPSA) is 103 Å². The average Bonchev–Trinajstić information content (AvgIpc) is 2.72. The van der Waals surface area contributed by atoms with Crippen molar-refractivity contribution in [1.29, 1.82) is 10.5 Å². The number of carbonyl (C=O) groups is 2. The van der Waals surface area contributed by atoms with E-state index >= 15 is 0 Å². The van der Waals surface area contributed by atoms with Gasteiger partial charge < -0.3 is 10.1 Å². The zero-order chi connectivity index (χ0) is 21.2. The molecule has 0 saturated carbocycles. The van der Waals surface area contributed by atoms with Crippen molar-refractivity contribution in [2.24, 2.45) is 11.3 Å². The summed E-state index contributed by atoms with van der Waals surface area (Å²) >= 11 is 0. The van der Waals surface area contributed by atoms with Crippen molar-refractivity contribution in [3.05, 3.63) is 71.3 Å². The maximum atomic E-state index is 13.9. The molecular formula is C21H15F2N3O3. The minimum atomic E-state index is -2.03. The van der Waals surface area contributed by atoms with Gasteiger partial charge in [0.2, 0.25) is 5.91 Å². The summed E-state index contributed by atoms with van der Waals surface area (Å²) in [5.74, 6) is -5.97. The Morgan fingerprint density at radius 2 is 1.62 bits per heavy atom. The van der Waals surface area contributed by atoms with E-state index in [1.165, 1.54) is 30.3 Å². The molecule has 0 aromatic heterocycles. The molecule has 1 fully saturated rings. The Hall–Kier alpha value is -3.78. The van der Waals surface area contributed by atoms with E-state index in [1.54, 1.807) is 0 Å². The molecule has 3 atom stereocenters. The van der Waals surface area contributed by atoms with Crippen molar-refractivity contribution >= 4 is 11.9 Å². The predicted octanol–water partition coefficient (Wildman–Crippen LogP) is 2.74. The first-order valence-electron chi connectivity index (χ1n) is 8.59. The highest BCUT2D eigenvalue weighted by Gasteiger charge is 2.60. The third kappa shape index (κ3) is 3.30. The lowest BCUT2D eigenvalue weighted by Gasteiger charge is -2.44. The first-order valence-corrected chi connectivity index (χ1v) is 8.59. The second-order valence-corrected chi connectivity index (χ2v) is 6.62. The summed E-state index contributed by atoms with van der Waals surface area (Å²) in [5, 5.41) is 22.6. The molecule has 29 heavy (non-hydrogen) atoms. The summed E-state index contributed by atoms with van der Waals surface area (Å²) in [6, 6.07) is 12.6. The van der Waals surface area contributed by atoms with Crippen molar-refractivity contribution < 1.29 is 23.1 Å². The van der Waals surface area contributed by atoms with Crippen LogP contribution in [0.15, 0.2) is 48.5 Å². The van der Waals surface area contributed by atoms with Gasteiger partial charge in [0, 0.05) is 5.92 Å². The van der Waals surface area contributed by atoms with Gasteiger partial charge in [-0.15, -0.1) is 0 Å². The van der Waals surface area contributed by atoms with Crippen LogP contribution in [0.4, 0.5) is 8.78 Å². The highest BCUT2D eigenvalue weighted by molar-refractivity contribution is 6.00. The van der Waals surface area contributed by atoms with Crippen molar-refractivity contribution in [3.63, 3.8) is 0 Å². The lowest BCUT2D eigenvalue weighted by molar-refractivity contribution is -0.154. The molecule has 1 aliphatic rings. The number of hydrogen-bond donors (Lipinski definition) is 1. The zero-order valence-corrected chi connectivity index (χ0v) is 15.2. The highest BCUT2D eigenvalue weighted by atomic mass is 19.1. The lowest BCUT2D eigenvalue weighted by atomic mass is 9.60. The minimum Gasteiger partial charge on any atom is -0.468 e. The monoisotopic (exact) mass is 395 g/mol. The number of carbonyl (C=O) groups excluding carboxylic acids is 2. The molecule has 1 aliphatic heterocycles. The van der Waals surface area contributed by atoms with Crippen molar-refractivity contribution in [2.45, 2.75) is 12.0 Å². The van der Waals surface area contributed by atoms with Gasteiger partial charge >= 0.3 is 5.97 Å². The van der Waals surface area contributed by atoms with Gasteiger partial charge in [0.05, 0.1) is 25.3 Å². The number of nitrogens with one attached hydrogen (secondary N) is 1. The first-order chi connectivity index (χ1) is 13.9. The summed E-state index contributed by atoms with van der Waals surface area (Å²) in [4.78, 5) is 25.2. The van der Waals surface area contributed by atoms with Gasteiger partial charge in [0.1, 0.15) is 17.6 Å². The van der Waals surface area contributed by atoms with E-state index in [2.05, 4.69) is 5.32 Å². The SMILES string of the molecule is COC(=O)C1C(=O)NC(c2cccc(F)c2)C(C#N)(C#N)C1c1cccc(F)c1. The fourth-order valence-electron chi connectivity index (χ4n) is 3.79. The third-order valence-corrected chi connectivity index (χ3v) is 5.06. The van der Waals surface area contributed by atoms with Crippen LogP contribution in [0, 0.1) is 45.6 Å². The second kappa shape index (κ2) is 7.69. The summed E-state index contributed by atoms with van der Waals surface area (Å²) in [7, 11) is 1.07. The number of rotatable bonds is 3. The molecule has 1 saturated heterocycles. The maximum Gasteiger partial charge on any atom is 0.318 e. The molecule has 146 valence electrons. The van der Waals surface area contributed by atoms with Crippen LogP contribution in [-0.2, 0) is 14.3 Å². The smallest absolute Gasteiger partial charge is 0.318 e. The van der Waals surface area contributed by atoms with Crippen LogP contribution in [0.25, 0.3) is 0 Å². The molecular weight excluding hydrogens is 380 g/mol. The number of nitrogens with zero attached hydrogens (tertiary/aromatic N) is 2. The van der Waals surface area contributed by atoms with Crippen molar-refractivity contribution in [1.82, 2.24) is 5.32 Å². The Balaban J connectivity index is 2.29. The number of hydrogen-bond acceptors (Lipinski definition) is 5. The van der Waals surface area contributed by atoms with Gasteiger partial charge in [-0.05, 0) is 35.4 Å². The van der Waals surface area contributed by atoms with E-state index in [4.69, 9.17) is 4.74 Å². The molecule has 0 aliphatic carbocycles. The van der Waals surface area contributed by atoms with Crippen LogP contribution < -0.4 is 5.32 Å². The molecule has 2 aromatic carbocycles. The fraction of sp³-hybridized carbons (Fsp3) is 0.238. The Kier molecular flexibility index (Phi) is 5.29. The molecule has 3 unspecified atom stereocenters. The predicted molar refractivity (Wildman–Crippen MR) is 95.6 cm³/mol. The number of amides is 1. The number of ether oxygens (including phenoxy) is 1. The summed E-state index contributed by atoms with van der Waals surface area (Å²) in [6.07, 6.45) is 0. The average molecular weight is 395 g/mol. The minimum absolute atomic E-state index is 0.111. The van der Waals surface area contributed by atoms with Gasteiger partial charge in [-0.25, -0.2) is 8.78 Å². The van der Waals surface area contributed by atoms with Crippen LogP contribution in [-0.4, -0.2) is 19.0 Å². The van der Waals surface area contributed by atoms with Crippen molar-refractivity contribution in [2.75, 3.05) is 7.11 Å². The number of nitriles is 2. The molecule has 1 N–H and O–H groups in total. The Morgan fingerprint density at radius 3 is 2.14 bits per heavy atom. The van der Waals surface area contributed by atoms with Crippen LogP contribution in [0.2, 0.25) is 0 Å². The lowest BCUT2D eigenvalue weighted by Crippen LogP contribution is -2.56. The molecule has 0 radical (unpaired) electrons. The quantitative estimate of drug-likeness (QED) is 0.636. The molecule has 2 aromatic rings. The zero-order valence-electron chi connectivity index (χ0n) is 15.2. The summed E-state index contributed by atoms with van der Waals surface area (Å²) in [5.41, 5.74) is -1.75.